The van der Waals surface area contributed by atoms with Gasteiger partial charge in [-0.15, -0.1) is 0 Å². The topological polar surface area (TPSA) is 90.3 Å². The Labute approximate surface area is 163 Å². The molecule has 0 aliphatic carbocycles. The van der Waals surface area contributed by atoms with E-state index in [1.165, 1.54) is 18.5 Å². The number of aromatic nitrogens is 2. The number of hydrogen-bond donors (Lipinski definition) is 1. The smallest absolute Gasteiger partial charge is 0.326 e. The fourth-order valence-corrected chi connectivity index (χ4v) is 2.62. The van der Waals surface area contributed by atoms with Gasteiger partial charge < -0.3 is 10.1 Å². The number of carbonyl (C=O) groups excluding carboxylic acids is 2. The molecule has 0 spiro atoms. The summed E-state index contributed by atoms with van der Waals surface area (Å²) >= 11 is 11.7. The Kier molecular flexibility index (Phi) is 5.73. The number of fused-ring (bicyclic) bond motifs is 1. The van der Waals surface area contributed by atoms with Crippen molar-refractivity contribution in [3.05, 3.63) is 69.2 Å². The second-order valence-corrected chi connectivity index (χ2v) is 6.35. The molecule has 0 atom stereocenters. The third-order valence-electron chi connectivity index (χ3n) is 3.60. The Bertz CT molecular complexity index is 1080. The minimum Gasteiger partial charge on any atom is -0.454 e. The first-order chi connectivity index (χ1) is 12.9. The van der Waals surface area contributed by atoms with E-state index in [9.17, 15) is 14.4 Å². The van der Waals surface area contributed by atoms with Gasteiger partial charge in [-0.05, 0) is 30.3 Å². The van der Waals surface area contributed by atoms with Crippen LogP contribution in [0, 0.1) is 0 Å². The third-order valence-corrected chi connectivity index (χ3v) is 4.34. The van der Waals surface area contributed by atoms with Gasteiger partial charge in [-0.3, -0.25) is 19.0 Å². The molecule has 1 amide bonds. The van der Waals surface area contributed by atoms with E-state index in [1.807, 2.05) is 0 Å². The summed E-state index contributed by atoms with van der Waals surface area (Å²) in [6, 6.07) is 11.4. The number of rotatable bonds is 5. The van der Waals surface area contributed by atoms with Crippen molar-refractivity contribution in [2.24, 2.45) is 0 Å². The van der Waals surface area contributed by atoms with Crippen LogP contribution in [0.4, 0.5) is 5.69 Å². The molecule has 0 fully saturated rings. The molecule has 3 aromatic rings. The van der Waals surface area contributed by atoms with Gasteiger partial charge in [0.1, 0.15) is 6.54 Å². The molecule has 1 N–H and O–H groups in total. The van der Waals surface area contributed by atoms with Gasteiger partial charge in [0.05, 0.1) is 27.3 Å². The van der Waals surface area contributed by atoms with Gasteiger partial charge in [0.15, 0.2) is 6.61 Å². The average Bonchev–Trinajstić information content (AvgIpc) is 2.65. The SMILES string of the molecule is O=C(COC(=O)Cn1cnc2ccccc2c1=O)Nc1ccc(Cl)c(Cl)c1. The second-order valence-electron chi connectivity index (χ2n) is 5.53. The molecule has 0 bridgehead atoms. The molecule has 0 unspecified atom stereocenters. The number of anilines is 1. The zero-order valence-corrected chi connectivity index (χ0v) is 15.3. The van der Waals surface area contributed by atoms with Crippen LogP contribution in [0.2, 0.25) is 10.0 Å². The molecule has 0 aliphatic rings. The molecule has 0 saturated carbocycles. The van der Waals surface area contributed by atoms with Gasteiger partial charge in [-0.2, -0.15) is 0 Å². The predicted octanol–water partition coefficient (Wildman–Crippen LogP) is 2.89. The first-order valence-corrected chi connectivity index (χ1v) is 8.54. The van der Waals surface area contributed by atoms with Crippen LogP contribution >= 0.6 is 23.2 Å². The number of nitrogens with zero attached hydrogens (tertiary/aromatic N) is 2. The summed E-state index contributed by atoms with van der Waals surface area (Å²) in [6.07, 6.45) is 1.27. The number of hydrogen-bond acceptors (Lipinski definition) is 5. The van der Waals surface area contributed by atoms with Crippen molar-refractivity contribution in [3.63, 3.8) is 0 Å². The summed E-state index contributed by atoms with van der Waals surface area (Å²) in [5.41, 5.74) is 0.589. The van der Waals surface area contributed by atoms with Crippen LogP contribution < -0.4 is 10.9 Å². The van der Waals surface area contributed by atoms with Gasteiger partial charge in [0.25, 0.3) is 11.5 Å². The Hall–Kier alpha value is -2.90. The van der Waals surface area contributed by atoms with Crippen LogP contribution in [0.25, 0.3) is 10.9 Å². The van der Waals surface area contributed by atoms with Gasteiger partial charge in [-0.1, -0.05) is 35.3 Å². The Morgan fingerprint density at radius 3 is 2.67 bits per heavy atom. The third kappa shape index (κ3) is 4.64. The maximum absolute atomic E-state index is 12.3. The Morgan fingerprint density at radius 1 is 1.11 bits per heavy atom. The highest BCUT2D eigenvalue weighted by molar-refractivity contribution is 6.42. The van der Waals surface area contributed by atoms with Crippen LogP contribution in [-0.4, -0.2) is 28.0 Å². The highest BCUT2D eigenvalue weighted by Crippen LogP contribution is 2.24. The van der Waals surface area contributed by atoms with E-state index < -0.39 is 18.5 Å². The summed E-state index contributed by atoms with van der Waals surface area (Å²) < 4.78 is 6.03. The first kappa shape index (κ1) is 18.9. The molecule has 3 rings (SSSR count). The molecule has 0 radical (unpaired) electrons. The number of amides is 1. The molecule has 7 nitrogen and oxygen atoms in total. The number of carbonyl (C=O) groups is 2. The van der Waals surface area contributed by atoms with Crippen LogP contribution in [0.5, 0.6) is 0 Å². The molecule has 27 heavy (non-hydrogen) atoms. The minimum absolute atomic E-state index is 0.287. The van der Waals surface area contributed by atoms with Gasteiger partial charge in [0.2, 0.25) is 0 Å². The second kappa shape index (κ2) is 8.20. The standard InChI is InChI=1S/C18H13Cl2N3O4/c19-13-6-5-11(7-14(13)20)22-16(24)9-27-17(25)8-23-10-21-15-4-2-1-3-12(15)18(23)26/h1-7,10H,8-9H2,(H,22,24). The molecule has 0 saturated heterocycles. The van der Waals surface area contributed by atoms with E-state index in [0.29, 0.717) is 21.6 Å². The van der Waals surface area contributed by atoms with Crippen molar-refractivity contribution in [1.29, 1.82) is 0 Å². The largest absolute Gasteiger partial charge is 0.454 e. The first-order valence-electron chi connectivity index (χ1n) is 7.79. The Morgan fingerprint density at radius 2 is 1.89 bits per heavy atom. The number of para-hydroxylation sites is 1. The molecule has 138 valence electrons. The van der Waals surface area contributed by atoms with Crippen LogP contribution in [-0.2, 0) is 20.9 Å². The number of nitrogens with one attached hydrogen (secondary N) is 1. The fourth-order valence-electron chi connectivity index (χ4n) is 2.32. The summed E-state index contributed by atoms with van der Waals surface area (Å²) in [4.78, 5) is 40.2. The number of ether oxygens (including phenoxy) is 1. The molecule has 1 heterocycles. The van der Waals surface area contributed by atoms with E-state index in [1.54, 1.807) is 30.3 Å². The molecular weight excluding hydrogens is 393 g/mol. The normalized spacial score (nSPS) is 10.6. The van der Waals surface area contributed by atoms with Crippen LogP contribution in [0.3, 0.4) is 0 Å². The maximum atomic E-state index is 12.3. The highest BCUT2D eigenvalue weighted by Gasteiger charge is 2.12. The fraction of sp³-hybridized carbons (Fsp3) is 0.111. The van der Waals surface area contributed by atoms with Crippen molar-refractivity contribution in [2.45, 2.75) is 6.54 Å². The van der Waals surface area contributed by atoms with Crippen molar-refractivity contribution in [1.82, 2.24) is 9.55 Å². The number of benzene rings is 2. The monoisotopic (exact) mass is 405 g/mol. The van der Waals surface area contributed by atoms with Crippen molar-refractivity contribution >= 4 is 51.7 Å². The summed E-state index contributed by atoms with van der Waals surface area (Å²) in [7, 11) is 0. The van der Waals surface area contributed by atoms with Gasteiger partial charge in [-0.25, -0.2) is 4.98 Å². The molecule has 0 aliphatic heterocycles. The van der Waals surface area contributed by atoms with E-state index >= 15 is 0 Å². The summed E-state index contributed by atoms with van der Waals surface area (Å²) in [5, 5.41) is 3.56. The van der Waals surface area contributed by atoms with E-state index in [-0.39, 0.29) is 17.1 Å². The van der Waals surface area contributed by atoms with Crippen molar-refractivity contribution < 1.29 is 14.3 Å². The van der Waals surface area contributed by atoms with Gasteiger partial charge in [0, 0.05) is 5.69 Å². The average molecular weight is 406 g/mol. The number of halogens is 2. The zero-order valence-electron chi connectivity index (χ0n) is 13.8. The summed E-state index contributed by atoms with van der Waals surface area (Å²) in [5.74, 6) is -1.29. The molecule has 2 aromatic carbocycles. The lowest BCUT2D eigenvalue weighted by Gasteiger charge is -2.09. The number of esters is 1. The summed E-state index contributed by atoms with van der Waals surface area (Å²) in [6.45, 7) is -0.856. The Balaban J connectivity index is 1.58. The van der Waals surface area contributed by atoms with Crippen molar-refractivity contribution in [2.75, 3.05) is 11.9 Å². The lowest BCUT2D eigenvalue weighted by Crippen LogP contribution is -2.28. The lowest BCUT2D eigenvalue weighted by atomic mass is 10.2. The van der Waals surface area contributed by atoms with E-state index in [2.05, 4.69) is 10.3 Å². The van der Waals surface area contributed by atoms with Crippen LogP contribution in [0.1, 0.15) is 0 Å². The molecular formula is C18H13Cl2N3O4. The minimum atomic E-state index is -0.738. The highest BCUT2D eigenvalue weighted by atomic mass is 35.5. The maximum Gasteiger partial charge on any atom is 0.326 e. The lowest BCUT2D eigenvalue weighted by molar-refractivity contribution is -0.147. The molecule has 1 aromatic heterocycles. The zero-order chi connectivity index (χ0) is 19.4. The van der Waals surface area contributed by atoms with Crippen LogP contribution in [0.15, 0.2) is 53.6 Å². The quantitative estimate of drug-likeness (QED) is 0.659. The van der Waals surface area contributed by atoms with E-state index in [4.69, 9.17) is 27.9 Å². The van der Waals surface area contributed by atoms with Gasteiger partial charge >= 0.3 is 5.97 Å². The van der Waals surface area contributed by atoms with Crippen molar-refractivity contribution in [3.8, 4) is 0 Å². The predicted molar refractivity (Wildman–Crippen MR) is 102 cm³/mol. The van der Waals surface area contributed by atoms with E-state index in [0.717, 1.165) is 4.57 Å². The molecule has 9 heteroatoms.